The monoisotopic (exact) mass is 394 g/mol. The quantitative estimate of drug-likeness (QED) is 0.570. The molecule has 0 aliphatic carbocycles. The van der Waals surface area contributed by atoms with Crippen molar-refractivity contribution in [3.63, 3.8) is 0 Å². The molecule has 0 bridgehead atoms. The number of nitrogens with one attached hydrogen (secondary N) is 1. The molecule has 0 atom stereocenters. The summed E-state index contributed by atoms with van der Waals surface area (Å²) in [6.45, 7) is 0.118. The predicted molar refractivity (Wildman–Crippen MR) is 104 cm³/mol. The van der Waals surface area contributed by atoms with Gasteiger partial charge in [0.1, 0.15) is 11.4 Å². The largest absolute Gasteiger partial charge is 0.505 e. The molecule has 3 rings (SSSR count). The Morgan fingerprint density at radius 1 is 1.17 bits per heavy atom. The molecule has 1 aromatic heterocycles. The van der Waals surface area contributed by atoms with E-state index >= 15 is 0 Å². The van der Waals surface area contributed by atoms with Crippen LogP contribution in [0.2, 0.25) is 0 Å². The van der Waals surface area contributed by atoms with Gasteiger partial charge >= 0.3 is 0 Å². The summed E-state index contributed by atoms with van der Waals surface area (Å²) in [6, 6.07) is 13.9. The van der Waals surface area contributed by atoms with Gasteiger partial charge in [0, 0.05) is 18.2 Å². The number of carbonyl (C=O) groups is 2. The molecule has 0 fully saturated rings. The highest BCUT2D eigenvalue weighted by molar-refractivity contribution is 5.94. The number of aromatic hydroxyl groups is 1. The highest BCUT2D eigenvalue weighted by Gasteiger charge is 2.18. The summed E-state index contributed by atoms with van der Waals surface area (Å²) in [6.07, 6.45) is 0. The number of hydrogen-bond acceptors (Lipinski definition) is 6. The second-order valence-corrected chi connectivity index (χ2v) is 6.04. The van der Waals surface area contributed by atoms with Gasteiger partial charge in [0.25, 0.3) is 11.5 Å². The maximum atomic E-state index is 12.5. The molecule has 4 N–H and O–H groups in total. The van der Waals surface area contributed by atoms with E-state index in [0.29, 0.717) is 22.6 Å². The zero-order valence-corrected chi connectivity index (χ0v) is 15.5. The summed E-state index contributed by atoms with van der Waals surface area (Å²) in [4.78, 5) is 35.9. The first-order valence-corrected chi connectivity index (χ1v) is 8.54. The lowest BCUT2D eigenvalue weighted by Gasteiger charge is -2.12. The lowest BCUT2D eigenvalue weighted by atomic mass is 10.1. The first-order chi connectivity index (χ1) is 13.9. The predicted octanol–water partition coefficient (Wildman–Crippen LogP) is 0.976. The van der Waals surface area contributed by atoms with Crippen molar-refractivity contribution in [3.05, 3.63) is 81.8 Å². The molecule has 0 saturated carbocycles. The van der Waals surface area contributed by atoms with Gasteiger partial charge in [-0.25, -0.2) is 0 Å². The van der Waals surface area contributed by atoms with Crippen molar-refractivity contribution in [2.45, 2.75) is 6.54 Å². The number of methoxy groups -OCH3 is 1. The molecular formula is C20H18N4O5. The van der Waals surface area contributed by atoms with Crippen LogP contribution in [-0.4, -0.2) is 33.8 Å². The van der Waals surface area contributed by atoms with E-state index in [-0.39, 0.29) is 12.2 Å². The minimum Gasteiger partial charge on any atom is -0.505 e. The zero-order valence-electron chi connectivity index (χ0n) is 15.5. The maximum Gasteiger partial charge on any atom is 0.275 e. The van der Waals surface area contributed by atoms with Crippen LogP contribution in [0, 0.1) is 0 Å². The Kier molecular flexibility index (Phi) is 5.59. The molecule has 29 heavy (non-hydrogen) atoms. The Morgan fingerprint density at radius 2 is 1.86 bits per heavy atom. The number of primary amides is 1. The standard InChI is InChI=1S/C20H18N4O5/c1-29-16-5-3-2-4-14(16)24-17(26)10-15(25)18(23-24)20(28)22-11-12-6-8-13(9-7-12)19(21)27/h2-10,25H,11H2,1H3,(H2,21,27)(H,22,28). The lowest BCUT2D eigenvalue weighted by Crippen LogP contribution is -2.29. The molecule has 0 aliphatic heterocycles. The zero-order chi connectivity index (χ0) is 21.0. The van der Waals surface area contributed by atoms with E-state index in [1.807, 2.05) is 0 Å². The Bertz CT molecular complexity index is 1120. The molecule has 9 nitrogen and oxygen atoms in total. The van der Waals surface area contributed by atoms with Crippen molar-refractivity contribution >= 4 is 11.8 Å². The Hall–Kier alpha value is -4.14. The van der Waals surface area contributed by atoms with Crippen molar-refractivity contribution in [1.82, 2.24) is 15.1 Å². The van der Waals surface area contributed by atoms with Crippen LogP contribution in [0.4, 0.5) is 0 Å². The molecule has 2 amide bonds. The minimum absolute atomic E-state index is 0.118. The minimum atomic E-state index is -0.676. The molecule has 0 spiro atoms. The van der Waals surface area contributed by atoms with Crippen LogP contribution in [0.15, 0.2) is 59.4 Å². The lowest BCUT2D eigenvalue weighted by molar-refractivity contribution is 0.0939. The van der Waals surface area contributed by atoms with Gasteiger partial charge in [-0.1, -0.05) is 24.3 Å². The normalized spacial score (nSPS) is 10.4. The van der Waals surface area contributed by atoms with Gasteiger partial charge in [-0.05, 0) is 29.8 Å². The second-order valence-electron chi connectivity index (χ2n) is 6.04. The number of amides is 2. The first kappa shape index (κ1) is 19.6. The fraction of sp³-hybridized carbons (Fsp3) is 0.100. The molecule has 0 saturated heterocycles. The molecule has 2 aromatic carbocycles. The SMILES string of the molecule is COc1ccccc1-n1nc(C(=O)NCc2ccc(C(N)=O)cc2)c(O)cc1=O. The van der Waals surface area contributed by atoms with Crippen molar-refractivity contribution in [2.24, 2.45) is 5.73 Å². The number of nitrogens with two attached hydrogens (primary N) is 1. The number of carbonyl (C=O) groups excluding carboxylic acids is 2. The molecule has 9 heteroatoms. The van der Waals surface area contributed by atoms with Gasteiger partial charge in [-0.15, -0.1) is 0 Å². The van der Waals surface area contributed by atoms with E-state index in [4.69, 9.17) is 10.5 Å². The van der Waals surface area contributed by atoms with Gasteiger partial charge in [0.2, 0.25) is 5.91 Å². The molecule has 3 aromatic rings. The van der Waals surface area contributed by atoms with Gasteiger partial charge in [0.15, 0.2) is 11.4 Å². The summed E-state index contributed by atoms with van der Waals surface area (Å²) in [7, 11) is 1.45. The first-order valence-electron chi connectivity index (χ1n) is 8.54. The number of rotatable bonds is 6. The number of benzene rings is 2. The summed E-state index contributed by atoms with van der Waals surface area (Å²) in [5.74, 6) is -1.38. The van der Waals surface area contributed by atoms with Crippen LogP contribution in [0.1, 0.15) is 26.4 Å². The highest BCUT2D eigenvalue weighted by Crippen LogP contribution is 2.21. The van der Waals surface area contributed by atoms with Crippen LogP contribution < -0.4 is 21.3 Å². The van der Waals surface area contributed by atoms with Gasteiger partial charge < -0.3 is 20.9 Å². The van der Waals surface area contributed by atoms with Crippen molar-refractivity contribution in [3.8, 4) is 17.2 Å². The summed E-state index contributed by atoms with van der Waals surface area (Å²) >= 11 is 0. The van der Waals surface area contributed by atoms with E-state index in [9.17, 15) is 19.5 Å². The van der Waals surface area contributed by atoms with Crippen LogP contribution in [0.25, 0.3) is 5.69 Å². The number of ether oxygens (including phenoxy) is 1. The van der Waals surface area contributed by atoms with Gasteiger partial charge in [0.05, 0.1) is 7.11 Å². The van der Waals surface area contributed by atoms with E-state index in [0.717, 1.165) is 10.7 Å². The molecule has 0 aliphatic rings. The van der Waals surface area contributed by atoms with E-state index in [1.54, 1.807) is 48.5 Å². The number of hydrogen-bond donors (Lipinski definition) is 3. The molecule has 1 heterocycles. The Morgan fingerprint density at radius 3 is 2.52 bits per heavy atom. The fourth-order valence-corrected chi connectivity index (χ4v) is 2.64. The van der Waals surface area contributed by atoms with Crippen LogP contribution >= 0.6 is 0 Å². The topological polar surface area (TPSA) is 137 Å². The average Bonchev–Trinajstić information content (AvgIpc) is 2.72. The summed E-state index contributed by atoms with van der Waals surface area (Å²) < 4.78 is 6.20. The summed E-state index contributed by atoms with van der Waals surface area (Å²) in [5.41, 5.74) is 5.65. The average molecular weight is 394 g/mol. The van der Waals surface area contributed by atoms with Gasteiger partial charge in [-0.3, -0.25) is 14.4 Å². The van der Waals surface area contributed by atoms with Crippen LogP contribution in [0.3, 0.4) is 0 Å². The third kappa shape index (κ3) is 4.24. The Balaban J connectivity index is 1.85. The van der Waals surface area contributed by atoms with Crippen LogP contribution in [0.5, 0.6) is 11.5 Å². The maximum absolute atomic E-state index is 12.5. The van der Waals surface area contributed by atoms with E-state index in [2.05, 4.69) is 10.4 Å². The highest BCUT2D eigenvalue weighted by atomic mass is 16.5. The number of nitrogens with zero attached hydrogens (tertiary/aromatic N) is 2. The van der Waals surface area contributed by atoms with Crippen molar-refractivity contribution < 1.29 is 19.4 Å². The third-order valence-electron chi connectivity index (χ3n) is 4.13. The van der Waals surface area contributed by atoms with E-state index in [1.165, 1.54) is 7.11 Å². The number of para-hydroxylation sites is 2. The van der Waals surface area contributed by atoms with Crippen molar-refractivity contribution in [1.29, 1.82) is 0 Å². The molecule has 0 radical (unpaired) electrons. The second kappa shape index (κ2) is 8.26. The smallest absolute Gasteiger partial charge is 0.275 e. The number of aromatic nitrogens is 2. The Labute approximate surface area is 165 Å². The fourth-order valence-electron chi connectivity index (χ4n) is 2.64. The molecule has 0 unspecified atom stereocenters. The van der Waals surface area contributed by atoms with Crippen molar-refractivity contribution in [2.75, 3.05) is 7.11 Å². The summed E-state index contributed by atoms with van der Waals surface area (Å²) in [5, 5.41) is 16.6. The van der Waals surface area contributed by atoms with Crippen LogP contribution in [-0.2, 0) is 6.54 Å². The molecule has 148 valence electrons. The van der Waals surface area contributed by atoms with Gasteiger partial charge in [-0.2, -0.15) is 9.78 Å². The van der Waals surface area contributed by atoms with E-state index < -0.39 is 23.1 Å². The third-order valence-corrected chi connectivity index (χ3v) is 4.13. The molecular weight excluding hydrogens is 376 g/mol.